The lowest BCUT2D eigenvalue weighted by Gasteiger charge is -2.32. The Morgan fingerprint density at radius 2 is 2.24 bits per heavy atom. The molecule has 29 heavy (non-hydrogen) atoms. The molecule has 8 nitrogen and oxygen atoms in total. The number of fused-ring (bicyclic) bond motifs is 2. The molecule has 0 fully saturated rings. The highest BCUT2D eigenvalue weighted by Crippen LogP contribution is 2.49. The molecule has 8 heteroatoms. The van der Waals surface area contributed by atoms with Crippen LogP contribution in [-0.4, -0.2) is 44.1 Å². The molecule has 2 aliphatic rings. The number of nitrogens with one attached hydrogen (secondary N) is 1. The van der Waals surface area contributed by atoms with Gasteiger partial charge in [0.05, 0.1) is 19.3 Å². The van der Waals surface area contributed by atoms with E-state index in [4.69, 9.17) is 19.4 Å². The van der Waals surface area contributed by atoms with Crippen LogP contribution in [0.2, 0.25) is 0 Å². The molecule has 0 aromatic heterocycles. The summed E-state index contributed by atoms with van der Waals surface area (Å²) in [4.78, 5) is 2.18. The third-order valence-electron chi connectivity index (χ3n) is 5.08. The maximum Gasteiger partial charge on any atom is 0.231 e. The Balaban J connectivity index is 1.56. The minimum atomic E-state index is -0.165. The fraction of sp³-hybridized carbons (Fsp3) is 0.333. The van der Waals surface area contributed by atoms with Crippen molar-refractivity contribution in [3.05, 3.63) is 46.7 Å². The number of hydrogen-bond acceptors (Lipinski definition) is 8. The number of likely N-dealkylation sites (N-methyl/N-ethyl adjacent to an activating group) is 1. The fourth-order valence-corrected chi connectivity index (χ4v) is 3.64. The van der Waals surface area contributed by atoms with Crippen LogP contribution in [-0.2, 0) is 6.42 Å². The van der Waals surface area contributed by atoms with Gasteiger partial charge in [-0.25, -0.2) is 0 Å². The number of anilines is 2. The summed E-state index contributed by atoms with van der Waals surface area (Å²) in [6.07, 6.45) is 0.884. The molecule has 0 aliphatic carbocycles. The number of rotatable bonds is 4. The molecule has 0 radical (unpaired) electrons. The molecule has 0 bridgehead atoms. The summed E-state index contributed by atoms with van der Waals surface area (Å²) in [6.45, 7) is 1.46. The molecule has 2 aromatic carbocycles. The zero-order chi connectivity index (χ0) is 20.4. The fourth-order valence-electron chi connectivity index (χ4n) is 3.64. The number of hydrogen-bond donors (Lipinski definition) is 2. The maximum absolute atomic E-state index is 11.0. The van der Waals surface area contributed by atoms with E-state index in [1.165, 1.54) is 6.07 Å². The van der Waals surface area contributed by atoms with Gasteiger partial charge in [0.2, 0.25) is 12.5 Å². The van der Waals surface area contributed by atoms with Gasteiger partial charge in [-0.2, -0.15) is 0 Å². The molecule has 2 aromatic rings. The van der Waals surface area contributed by atoms with E-state index in [0.717, 1.165) is 29.8 Å². The Kier molecular flexibility index (Phi) is 5.36. The van der Waals surface area contributed by atoms with Crippen molar-refractivity contribution in [1.82, 2.24) is 4.90 Å². The lowest BCUT2D eigenvalue weighted by Crippen LogP contribution is -2.31. The first-order chi connectivity index (χ1) is 14.1. The maximum atomic E-state index is 11.0. The smallest absolute Gasteiger partial charge is 0.231 e. The van der Waals surface area contributed by atoms with Crippen molar-refractivity contribution in [2.45, 2.75) is 12.5 Å². The Labute approximate surface area is 169 Å². The highest BCUT2D eigenvalue weighted by atomic mass is 16.8. The molecule has 152 valence electrons. The predicted molar refractivity (Wildman–Crippen MR) is 109 cm³/mol. The monoisotopic (exact) mass is 396 g/mol. The van der Waals surface area contributed by atoms with Crippen molar-refractivity contribution < 1.29 is 19.4 Å². The SMILES string of the molecule is COc1c2c(cc3c1C(C#CCNc1cccc(N([O-])O)c1)N(C)CC3)OCO2. The summed E-state index contributed by atoms with van der Waals surface area (Å²) in [5.74, 6) is 8.51. The Bertz CT molecular complexity index is 967. The van der Waals surface area contributed by atoms with Gasteiger partial charge in [-0.15, -0.1) is 0 Å². The van der Waals surface area contributed by atoms with Gasteiger partial charge in [0.15, 0.2) is 11.5 Å². The van der Waals surface area contributed by atoms with Gasteiger partial charge in [0.25, 0.3) is 0 Å². The molecule has 0 saturated carbocycles. The molecule has 2 aliphatic heterocycles. The average Bonchev–Trinajstić information content (AvgIpc) is 3.19. The Hall–Kier alpha value is -3.12. The van der Waals surface area contributed by atoms with E-state index >= 15 is 0 Å². The van der Waals surface area contributed by atoms with Gasteiger partial charge < -0.3 is 30.0 Å². The van der Waals surface area contributed by atoms with Crippen LogP contribution in [0, 0.1) is 17.0 Å². The molecule has 2 heterocycles. The second-order valence-corrected chi connectivity index (χ2v) is 6.85. The predicted octanol–water partition coefficient (Wildman–Crippen LogP) is 2.76. The number of ether oxygens (including phenoxy) is 3. The van der Waals surface area contributed by atoms with Crippen molar-refractivity contribution in [3.63, 3.8) is 0 Å². The second-order valence-electron chi connectivity index (χ2n) is 6.85. The third kappa shape index (κ3) is 3.76. The highest BCUT2D eigenvalue weighted by Gasteiger charge is 2.33. The van der Waals surface area contributed by atoms with Gasteiger partial charge in [-0.05, 0) is 43.3 Å². The van der Waals surface area contributed by atoms with E-state index in [1.54, 1.807) is 25.3 Å². The molecule has 1 unspecified atom stereocenters. The summed E-state index contributed by atoms with van der Waals surface area (Å²) < 4.78 is 16.8. The first-order valence-electron chi connectivity index (χ1n) is 9.26. The zero-order valence-electron chi connectivity index (χ0n) is 16.3. The van der Waals surface area contributed by atoms with Crippen molar-refractivity contribution >= 4 is 11.4 Å². The van der Waals surface area contributed by atoms with Crippen LogP contribution < -0.4 is 24.8 Å². The van der Waals surface area contributed by atoms with Crippen molar-refractivity contribution in [1.29, 1.82) is 0 Å². The first kappa shape index (κ1) is 19.2. The number of benzene rings is 2. The van der Waals surface area contributed by atoms with Crippen molar-refractivity contribution in [3.8, 4) is 29.1 Å². The normalized spacial score (nSPS) is 17.2. The molecule has 4 rings (SSSR count). The molecular weight excluding hydrogens is 374 g/mol. The number of methoxy groups -OCH3 is 1. The van der Waals surface area contributed by atoms with Crippen LogP contribution in [0.1, 0.15) is 17.2 Å². The Morgan fingerprint density at radius 3 is 3.03 bits per heavy atom. The summed E-state index contributed by atoms with van der Waals surface area (Å²) in [7, 11) is 3.67. The Morgan fingerprint density at radius 1 is 1.38 bits per heavy atom. The van der Waals surface area contributed by atoms with E-state index < -0.39 is 0 Å². The standard InChI is InChI=1S/C21H22N3O5/c1-23-10-8-14-11-18-20(29-13-28-18)21(27-2)19(14)17(23)7-4-9-22-15-5-3-6-16(12-15)24(25)26/h3,5-6,11-12,17,22,25H,8-10,13H2,1-2H3/q-1. The molecule has 0 amide bonds. The first-order valence-corrected chi connectivity index (χ1v) is 9.26. The largest absolute Gasteiger partial charge is 0.733 e. The van der Waals surface area contributed by atoms with E-state index in [2.05, 4.69) is 22.1 Å². The average molecular weight is 396 g/mol. The van der Waals surface area contributed by atoms with Crippen LogP contribution in [0.5, 0.6) is 17.2 Å². The lowest BCUT2D eigenvalue weighted by atomic mass is 9.91. The third-order valence-corrected chi connectivity index (χ3v) is 5.08. The van der Waals surface area contributed by atoms with E-state index in [9.17, 15) is 5.21 Å². The molecule has 2 N–H and O–H groups in total. The van der Waals surface area contributed by atoms with Gasteiger partial charge in [-0.3, -0.25) is 10.1 Å². The molecular formula is C21H22N3O5-. The van der Waals surface area contributed by atoms with Crippen LogP contribution >= 0.6 is 0 Å². The quantitative estimate of drug-likeness (QED) is 0.602. The highest BCUT2D eigenvalue weighted by molar-refractivity contribution is 5.63. The minimum Gasteiger partial charge on any atom is -0.733 e. The van der Waals surface area contributed by atoms with E-state index in [1.807, 2.05) is 13.1 Å². The van der Waals surface area contributed by atoms with Gasteiger partial charge >= 0.3 is 0 Å². The summed E-state index contributed by atoms with van der Waals surface area (Å²) >= 11 is 0. The zero-order valence-corrected chi connectivity index (χ0v) is 16.3. The summed E-state index contributed by atoms with van der Waals surface area (Å²) in [6, 6.07) is 8.46. The van der Waals surface area contributed by atoms with Crippen molar-refractivity contribution in [2.75, 3.05) is 44.6 Å². The lowest BCUT2D eigenvalue weighted by molar-refractivity contribution is 0.171. The van der Waals surface area contributed by atoms with Crippen LogP contribution in [0.3, 0.4) is 0 Å². The second kappa shape index (κ2) is 8.09. The van der Waals surface area contributed by atoms with E-state index in [-0.39, 0.29) is 23.7 Å². The van der Waals surface area contributed by atoms with Crippen molar-refractivity contribution in [2.24, 2.45) is 0 Å². The topological polar surface area (TPSA) is 89.5 Å². The molecule has 0 saturated heterocycles. The van der Waals surface area contributed by atoms with Gasteiger partial charge in [0, 0.05) is 17.8 Å². The van der Waals surface area contributed by atoms with Crippen LogP contribution in [0.15, 0.2) is 30.3 Å². The van der Waals surface area contributed by atoms with E-state index in [0.29, 0.717) is 23.7 Å². The number of nitrogens with zero attached hydrogens (tertiary/aromatic N) is 2. The summed E-state index contributed by atoms with van der Waals surface area (Å²) in [5, 5.41) is 23.0. The molecule has 0 spiro atoms. The van der Waals surface area contributed by atoms with Gasteiger partial charge in [-0.1, -0.05) is 17.9 Å². The van der Waals surface area contributed by atoms with Crippen LogP contribution in [0.4, 0.5) is 11.4 Å². The minimum absolute atomic E-state index is 0.133. The molecule has 1 atom stereocenters. The van der Waals surface area contributed by atoms with Gasteiger partial charge in [0.1, 0.15) is 6.04 Å². The van der Waals surface area contributed by atoms with Crippen LogP contribution in [0.25, 0.3) is 0 Å². The summed E-state index contributed by atoms with van der Waals surface area (Å²) in [5.41, 5.74) is 3.03.